The van der Waals surface area contributed by atoms with Crippen molar-refractivity contribution in [1.29, 1.82) is 0 Å². The minimum absolute atomic E-state index is 0.766. The number of benzene rings is 2. The van der Waals surface area contributed by atoms with Gasteiger partial charge >= 0.3 is 0 Å². The van der Waals surface area contributed by atoms with Crippen LogP contribution in [0.15, 0.2) is 42.5 Å². The second kappa shape index (κ2) is 3.57. The molecule has 3 rings (SSSR count). The first kappa shape index (κ1) is 10.3. The van der Waals surface area contributed by atoms with Crippen LogP contribution in [0.5, 0.6) is 0 Å². The molecule has 2 N–H and O–H groups in total. The lowest BCUT2D eigenvalue weighted by atomic mass is 10.1. The van der Waals surface area contributed by atoms with Crippen molar-refractivity contribution in [3.63, 3.8) is 0 Å². The van der Waals surface area contributed by atoms with E-state index < -0.39 is 0 Å². The van der Waals surface area contributed by atoms with Gasteiger partial charge in [-0.25, -0.2) is 0 Å². The molecule has 0 atom stereocenters. The lowest BCUT2D eigenvalue weighted by Gasteiger charge is -2.12. The van der Waals surface area contributed by atoms with Gasteiger partial charge in [0.05, 0.1) is 15.7 Å². The van der Waals surface area contributed by atoms with Crippen molar-refractivity contribution < 1.29 is 0 Å². The molecule has 3 aromatic rings. The van der Waals surface area contributed by atoms with E-state index in [4.69, 9.17) is 18.0 Å². The van der Waals surface area contributed by atoms with E-state index in [1.54, 1.807) is 0 Å². The first-order valence-corrected chi connectivity index (χ1v) is 5.87. The van der Waals surface area contributed by atoms with Gasteiger partial charge in [-0.1, -0.05) is 42.5 Å². The quantitative estimate of drug-likeness (QED) is 0.369. The first-order valence-electron chi connectivity index (χ1n) is 5.46. The third-order valence-electron chi connectivity index (χ3n) is 3.16. The van der Waals surface area contributed by atoms with Crippen LogP contribution in [0.2, 0.25) is 0 Å². The Labute approximate surface area is 104 Å². The molecule has 0 radical (unpaired) electrons. The summed E-state index contributed by atoms with van der Waals surface area (Å²) in [5.74, 6) is 0. The van der Waals surface area contributed by atoms with Gasteiger partial charge in [-0.05, 0) is 12.1 Å². The van der Waals surface area contributed by atoms with Crippen molar-refractivity contribution in [2.24, 2.45) is 7.05 Å². The summed E-state index contributed by atoms with van der Waals surface area (Å²) < 4.78 is 2.98. The van der Waals surface area contributed by atoms with E-state index in [-0.39, 0.29) is 0 Å². The molecule has 1 heterocycles. The fourth-order valence-corrected chi connectivity index (χ4v) is 2.68. The van der Waals surface area contributed by atoms with Crippen LogP contribution in [-0.2, 0) is 7.05 Å². The summed E-state index contributed by atoms with van der Waals surface area (Å²) in [4.78, 5) is 0. The summed E-state index contributed by atoms with van der Waals surface area (Å²) >= 11 is 5.55. The van der Waals surface area contributed by atoms with E-state index in [1.807, 2.05) is 37.4 Å². The van der Waals surface area contributed by atoms with E-state index in [9.17, 15) is 0 Å². The Bertz CT molecular complexity index is 787. The third-order valence-corrected chi connectivity index (χ3v) is 3.60. The second-order valence-corrected chi connectivity index (χ2v) is 4.56. The Morgan fingerprint density at radius 1 is 1.00 bits per heavy atom. The number of hydrogen-bond donors (Lipinski definition) is 1. The zero-order valence-corrected chi connectivity index (χ0v) is 10.3. The van der Waals surface area contributed by atoms with Gasteiger partial charge in [-0.15, -0.1) is 0 Å². The molecule has 0 unspecified atom stereocenters. The highest BCUT2D eigenvalue weighted by atomic mass is 32.1. The van der Waals surface area contributed by atoms with Crippen molar-refractivity contribution in [2.45, 2.75) is 0 Å². The molecule has 0 spiro atoms. The Morgan fingerprint density at radius 3 is 2.53 bits per heavy atom. The van der Waals surface area contributed by atoms with Crippen LogP contribution in [0.3, 0.4) is 0 Å². The molecule has 0 fully saturated rings. The van der Waals surface area contributed by atoms with Crippen LogP contribution in [0.25, 0.3) is 21.8 Å². The molecule has 3 heteroatoms. The molecule has 0 bridgehead atoms. The highest BCUT2D eigenvalue weighted by Crippen LogP contribution is 2.27. The number of hydrogen-bond acceptors (Lipinski definition) is 2. The number of anilines is 1. The summed E-state index contributed by atoms with van der Waals surface area (Å²) in [5.41, 5.74) is 8.94. The maximum absolute atomic E-state index is 6.05. The van der Waals surface area contributed by atoms with E-state index in [0.717, 1.165) is 32.0 Å². The van der Waals surface area contributed by atoms with Crippen molar-refractivity contribution >= 4 is 39.7 Å². The highest BCUT2D eigenvalue weighted by molar-refractivity contribution is 7.72. The molecule has 2 nitrogen and oxygen atoms in total. The zero-order valence-electron chi connectivity index (χ0n) is 9.47. The highest BCUT2D eigenvalue weighted by Gasteiger charge is 2.07. The number of aryl methyl sites for hydroxylation is 1. The summed E-state index contributed by atoms with van der Waals surface area (Å²) in [6, 6.07) is 14.0. The van der Waals surface area contributed by atoms with Gasteiger partial charge in [0.25, 0.3) is 0 Å². The number of pyridine rings is 1. The molecule has 0 saturated heterocycles. The molecule has 2 aromatic carbocycles. The Kier molecular flexibility index (Phi) is 2.16. The summed E-state index contributed by atoms with van der Waals surface area (Å²) in [7, 11) is 2.02. The lowest BCUT2D eigenvalue weighted by Crippen LogP contribution is -2.00. The number of nitrogens with two attached hydrogens (primary N) is 1. The Hall–Kier alpha value is -1.87. The van der Waals surface area contributed by atoms with Gasteiger partial charge in [-0.2, -0.15) is 0 Å². The molecule has 84 valence electrons. The summed E-state index contributed by atoms with van der Waals surface area (Å²) in [5, 5.41) is 2.14. The maximum atomic E-state index is 6.05. The average Bonchev–Trinajstić information content (AvgIpc) is 2.36. The van der Waals surface area contributed by atoms with E-state index in [1.165, 1.54) is 0 Å². The van der Waals surface area contributed by atoms with Gasteiger partial charge < -0.3 is 10.3 Å². The number of nitrogens with zero attached hydrogens (tertiary/aromatic N) is 1. The predicted octanol–water partition coefficient (Wildman–Crippen LogP) is 3.64. The molecule has 0 aliphatic rings. The monoisotopic (exact) mass is 240 g/mol. The second-order valence-electron chi connectivity index (χ2n) is 4.15. The Morgan fingerprint density at radius 2 is 1.71 bits per heavy atom. The number of para-hydroxylation sites is 2. The van der Waals surface area contributed by atoms with Crippen LogP contribution < -0.4 is 5.73 Å². The standard InChI is InChI=1S/C14H12N2S/c1-16-12-8-3-2-5-9(12)14(17)10-6-4-7-11(15)13(10)16/h2-8H,15H2,1H3. The van der Waals surface area contributed by atoms with E-state index in [2.05, 4.69) is 16.7 Å². The minimum Gasteiger partial charge on any atom is -0.397 e. The van der Waals surface area contributed by atoms with Crippen LogP contribution >= 0.6 is 12.2 Å². The molecule has 0 saturated carbocycles. The summed E-state index contributed by atoms with van der Waals surface area (Å²) in [6.07, 6.45) is 0. The first-order chi connectivity index (χ1) is 8.20. The fourth-order valence-electron chi connectivity index (χ4n) is 2.34. The zero-order chi connectivity index (χ0) is 12.0. The molecular formula is C14H12N2S. The number of nitrogen functional groups attached to an aromatic ring is 1. The van der Waals surface area contributed by atoms with Gasteiger partial charge in [0, 0.05) is 23.3 Å². The predicted molar refractivity (Wildman–Crippen MR) is 75.7 cm³/mol. The van der Waals surface area contributed by atoms with Crippen molar-refractivity contribution in [3.8, 4) is 0 Å². The summed E-state index contributed by atoms with van der Waals surface area (Å²) in [6.45, 7) is 0. The van der Waals surface area contributed by atoms with Gasteiger partial charge in [0.15, 0.2) is 0 Å². The van der Waals surface area contributed by atoms with Crippen LogP contribution in [0.4, 0.5) is 5.69 Å². The number of aromatic nitrogens is 1. The lowest BCUT2D eigenvalue weighted by molar-refractivity contribution is 1.00. The smallest absolute Gasteiger partial charge is 0.0730 e. The van der Waals surface area contributed by atoms with Gasteiger partial charge in [0.2, 0.25) is 0 Å². The van der Waals surface area contributed by atoms with Crippen LogP contribution in [-0.4, -0.2) is 4.57 Å². The Balaban J connectivity index is 2.74. The molecule has 1 aromatic heterocycles. The molecular weight excluding hydrogens is 228 g/mol. The van der Waals surface area contributed by atoms with Gasteiger partial charge in [0.1, 0.15) is 0 Å². The minimum atomic E-state index is 0.766. The fraction of sp³-hybridized carbons (Fsp3) is 0.0714. The maximum Gasteiger partial charge on any atom is 0.0730 e. The SMILES string of the molecule is Cn1c2ccccc2c(=S)c2cccc(N)c21. The van der Waals surface area contributed by atoms with Crippen molar-refractivity contribution in [1.82, 2.24) is 4.57 Å². The molecule has 0 aliphatic heterocycles. The molecule has 17 heavy (non-hydrogen) atoms. The van der Waals surface area contributed by atoms with E-state index >= 15 is 0 Å². The number of fused-ring (bicyclic) bond motifs is 2. The van der Waals surface area contributed by atoms with Crippen LogP contribution in [0, 0.1) is 4.51 Å². The van der Waals surface area contributed by atoms with Crippen molar-refractivity contribution in [3.05, 3.63) is 47.0 Å². The van der Waals surface area contributed by atoms with E-state index in [0.29, 0.717) is 0 Å². The largest absolute Gasteiger partial charge is 0.397 e. The normalized spacial score (nSPS) is 11.1. The molecule has 0 aliphatic carbocycles. The number of rotatable bonds is 0. The average molecular weight is 240 g/mol. The van der Waals surface area contributed by atoms with Gasteiger partial charge in [-0.3, -0.25) is 0 Å². The van der Waals surface area contributed by atoms with Crippen molar-refractivity contribution in [2.75, 3.05) is 5.73 Å². The topological polar surface area (TPSA) is 30.9 Å². The van der Waals surface area contributed by atoms with Crippen LogP contribution in [0.1, 0.15) is 0 Å². The molecule has 0 amide bonds. The third kappa shape index (κ3) is 1.36.